The van der Waals surface area contributed by atoms with Gasteiger partial charge in [0.15, 0.2) is 0 Å². The van der Waals surface area contributed by atoms with Crippen LogP contribution in [-0.4, -0.2) is 0 Å². The SMILES string of the molecule is [2H]c1c([2H])c([2H])c2c(-c3ccc4oc5c(-c6ccccc6)cccc5c4c3)c3ccccc3c(-c3ccccc3)c2c1[2H]. The van der Waals surface area contributed by atoms with Crippen LogP contribution in [0.15, 0.2) is 150 Å². The number of furan rings is 1. The summed E-state index contributed by atoms with van der Waals surface area (Å²) in [4.78, 5) is 0. The van der Waals surface area contributed by atoms with E-state index in [0.717, 1.165) is 66.1 Å². The average molecular weight is 501 g/mol. The maximum atomic E-state index is 9.13. The highest BCUT2D eigenvalue weighted by Gasteiger charge is 2.18. The van der Waals surface area contributed by atoms with Crippen LogP contribution in [0.5, 0.6) is 0 Å². The van der Waals surface area contributed by atoms with Crippen LogP contribution in [0.2, 0.25) is 0 Å². The molecule has 0 atom stereocenters. The van der Waals surface area contributed by atoms with E-state index in [9.17, 15) is 0 Å². The number of para-hydroxylation sites is 1. The molecule has 7 aromatic carbocycles. The van der Waals surface area contributed by atoms with Crippen molar-refractivity contribution < 1.29 is 9.90 Å². The average Bonchev–Trinajstić information content (AvgIpc) is 3.44. The summed E-state index contributed by atoms with van der Waals surface area (Å²) in [6.07, 6.45) is 0. The van der Waals surface area contributed by atoms with Crippen molar-refractivity contribution in [3.8, 4) is 33.4 Å². The van der Waals surface area contributed by atoms with E-state index < -0.39 is 0 Å². The Kier molecular flexibility index (Phi) is 4.06. The molecule has 1 nitrogen and oxygen atoms in total. The van der Waals surface area contributed by atoms with Gasteiger partial charge in [-0.05, 0) is 61.5 Å². The normalized spacial score (nSPS) is 13.0. The first-order valence-corrected chi connectivity index (χ1v) is 13.0. The van der Waals surface area contributed by atoms with E-state index >= 15 is 0 Å². The Labute approximate surface area is 232 Å². The molecule has 1 aromatic heterocycles. The van der Waals surface area contributed by atoms with Crippen molar-refractivity contribution in [1.82, 2.24) is 0 Å². The highest BCUT2D eigenvalue weighted by Crippen LogP contribution is 2.45. The van der Waals surface area contributed by atoms with Crippen LogP contribution in [0.3, 0.4) is 0 Å². The van der Waals surface area contributed by atoms with Crippen molar-refractivity contribution in [2.75, 3.05) is 0 Å². The first kappa shape index (κ1) is 18.2. The van der Waals surface area contributed by atoms with Gasteiger partial charge in [-0.2, -0.15) is 0 Å². The Morgan fingerprint density at radius 1 is 0.436 bits per heavy atom. The first-order chi connectivity index (χ1) is 21.0. The predicted octanol–water partition coefficient (Wildman–Crippen LogP) is 10.9. The van der Waals surface area contributed by atoms with Gasteiger partial charge in [-0.25, -0.2) is 0 Å². The lowest BCUT2D eigenvalue weighted by molar-refractivity contribution is 0.670. The smallest absolute Gasteiger partial charge is 0.143 e. The number of hydrogen-bond acceptors (Lipinski definition) is 1. The minimum atomic E-state index is -0.240. The van der Waals surface area contributed by atoms with E-state index in [2.05, 4.69) is 30.3 Å². The molecule has 1 heteroatoms. The first-order valence-electron chi connectivity index (χ1n) is 15.0. The molecule has 0 unspecified atom stereocenters. The van der Waals surface area contributed by atoms with Crippen LogP contribution < -0.4 is 0 Å². The van der Waals surface area contributed by atoms with Crippen molar-refractivity contribution in [2.24, 2.45) is 0 Å². The van der Waals surface area contributed by atoms with Crippen molar-refractivity contribution >= 4 is 43.5 Å². The number of fused-ring (bicyclic) bond motifs is 5. The summed E-state index contributed by atoms with van der Waals surface area (Å²) < 4.78 is 41.8. The number of hydrogen-bond donors (Lipinski definition) is 0. The molecule has 0 N–H and O–H groups in total. The molecule has 39 heavy (non-hydrogen) atoms. The molecule has 182 valence electrons. The standard InChI is InChI=1S/C38H24O/c1-3-12-25(13-4-1)28-20-11-21-33-34-24-27(22-23-35(34)39-38(28)33)37-31-18-9-7-16-29(31)36(26-14-5-2-6-15-26)30-17-8-10-19-32(30)37/h1-24H/i7D,9D,16D,18D. The molecular formula is C38H24O. The Morgan fingerprint density at radius 2 is 1.03 bits per heavy atom. The van der Waals surface area contributed by atoms with E-state index in [1.54, 1.807) is 0 Å². The van der Waals surface area contributed by atoms with Crippen molar-refractivity contribution in [2.45, 2.75) is 0 Å². The maximum Gasteiger partial charge on any atom is 0.143 e. The quantitative estimate of drug-likeness (QED) is 0.220. The van der Waals surface area contributed by atoms with Crippen LogP contribution >= 0.6 is 0 Å². The molecule has 0 aliphatic heterocycles. The molecular weight excluding hydrogens is 472 g/mol. The fraction of sp³-hybridized carbons (Fsp3) is 0. The third kappa shape index (κ3) is 3.41. The Bertz CT molecular complexity index is 2370. The summed E-state index contributed by atoms with van der Waals surface area (Å²) >= 11 is 0. The predicted molar refractivity (Wildman–Crippen MR) is 165 cm³/mol. The van der Waals surface area contributed by atoms with Gasteiger partial charge in [0, 0.05) is 16.3 Å². The Hall–Kier alpha value is -5.14. The van der Waals surface area contributed by atoms with E-state index in [0.29, 0.717) is 10.8 Å². The van der Waals surface area contributed by atoms with Crippen molar-refractivity contribution in [3.63, 3.8) is 0 Å². The van der Waals surface area contributed by atoms with Crippen LogP contribution in [-0.2, 0) is 0 Å². The van der Waals surface area contributed by atoms with Crippen LogP contribution in [0, 0.1) is 0 Å². The van der Waals surface area contributed by atoms with Gasteiger partial charge in [-0.1, -0.05) is 133 Å². The molecule has 0 saturated carbocycles. The number of rotatable bonds is 3. The molecule has 0 bridgehead atoms. The summed E-state index contributed by atoms with van der Waals surface area (Å²) in [5, 5.41) is 4.85. The fourth-order valence-electron chi connectivity index (χ4n) is 5.88. The van der Waals surface area contributed by atoms with Gasteiger partial charge < -0.3 is 4.42 Å². The van der Waals surface area contributed by atoms with E-state index in [1.807, 2.05) is 91.0 Å². The highest BCUT2D eigenvalue weighted by molar-refractivity contribution is 6.22. The Balaban J connectivity index is 1.51. The summed E-state index contributed by atoms with van der Waals surface area (Å²) in [7, 11) is 0. The van der Waals surface area contributed by atoms with Crippen molar-refractivity contribution in [3.05, 3.63) is 145 Å². The lowest BCUT2D eigenvalue weighted by atomic mass is 9.86. The summed E-state index contributed by atoms with van der Waals surface area (Å²) in [6, 6.07) is 39.8. The molecule has 0 fully saturated rings. The van der Waals surface area contributed by atoms with Gasteiger partial charge in [0.25, 0.3) is 0 Å². The zero-order valence-corrected chi connectivity index (χ0v) is 21.0. The fourth-order valence-corrected chi connectivity index (χ4v) is 5.88. The van der Waals surface area contributed by atoms with Gasteiger partial charge >= 0.3 is 0 Å². The van der Waals surface area contributed by atoms with Crippen LogP contribution in [0.1, 0.15) is 5.48 Å². The van der Waals surface area contributed by atoms with Gasteiger partial charge in [0.1, 0.15) is 11.2 Å². The van der Waals surface area contributed by atoms with Crippen LogP contribution in [0.4, 0.5) is 0 Å². The summed E-state index contributed by atoms with van der Waals surface area (Å²) in [5.41, 5.74) is 7.05. The molecule has 0 aliphatic rings. The zero-order valence-electron chi connectivity index (χ0n) is 25.0. The van der Waals surface area contributed by atoms with Gasteiger partial charge in [0.2, 0.25) is 0 Å². The second kappa shape index (κ2) is 8.72. The Morgan fingerprint density at radius 3 is 1.72 bits per heavy atom. The molecule has 0 spiro atoms. The topological polar surface area (TPSA) is 13.1 Å². The van der Waals surface area contributed by atoms with Gasteiger partial charge in [0.05, 0.1) is 5.48 Å². The molecule has 8 aromatic rings. The van der Waals surface area contributed by atoms with E-state index in [1.165, 1.54) is 0 Å². The highest BCUT2D eigenvalue weighted by atomic mass is 16.3. The lowest BCUT2D eigenvalue weighted by Crippen LogP contribution is -1.90. The lowest BCUT2D eigenvalue weighted by Gasteiger charge is -2.17. The maximum absolute atomic E-state index is 9.13. The van der Waals surface area contributed by atoms with Crippen LogP contribution in [0.25, 0.3) is 76.9 Å². The third-order valence-corrected chi connectivity index (χ3v) is 7.59. The van der Waals surface area contributed by atoms with Gasteiger partial charge in [-0.3, -0.25) is 0 Å². The van der Waals surface area contributed by atoms with Gasteiger partial charge in [-0.15, -0.1) is 0 Å². The molecule has 0 saturated heterocycles. The second-order valence-electron chi connectivity index (χ2n) is 9.77. The molecule has 0 aliphatic carbocycles. The second-order valence-corrected chi connectivity index (χ2v) is 9.77. The summed E-state index contributed by atoms with van der Waals surface area (Å²) in [5.74, 6) is 0. The molecule has 1 heterocycles. The molecule has 8 rings (SSSR count). The largest absolute Gasteiger partial charge is 0.455 e. The van der Waals surface area contributed by atoms with E-state index in [4.69, 9.17) is 9.90 Å². The molecule has 0 amide bonds. The third-order valence-electron chi connectivity index (χ3n) is 7.59. The minimum Gasteiger partial charge on any atom is -0.455 e. The zero-order chi connectivity index (χ0) is 29.2. The molecule has 0 radical (unpaired) electrons. The minimum absolute atomic E-state index is 0.0378. The van der Waals surface area contributed by atoms with E-state index in [-0.39, 0.29) is 24.2 Å². The monoisotopic (exact) mass is 500 g/mol. The van der Waals surface area contributed by atoms with Crippen molar-refractivity contribution in [1.29, 1.82) is 0 Å². The number of benzene rings is 7. The summed E-state index contributed by atoms with van der Waals surface area (Å²) in [6.45, 7) is 0.